The maximum atomic E-state index is 14.3. The van der Waals surface area contributed by atoms with Crippen LogP contribution in [0.25, 0.3) is 11.5 Å². The first kappa shape index (κ1) is 21.7. The molecule has 2 atom stereocenters. The zero-order valence-electron chi connectivity index (χ0n) is 17.3. The number of amides is 2. The van der Waals surface area contributed by atoms with Gasteiger partial charge in [-0.05, 0) is 36.1 Å². The van der Waals surface area contributed by atoms with Crippen molar-refractivity contribution in [3.8, 4) is 11.5 Å². The number of benzene rings is 2. The number of carbonyl (C=O) groups excluding carboxylic acids is 2. The molecule has 1 aromatic heterocycles. The zero-order chi connectivity index (χ0) is 22.5. The van der Waals surface area contributed by atoms with Gasteiger partial charge < -0.3 is 14.6 Å². The predicted octanol–water partition coefficient (Wildman–Crippen LogP) is 4.24. The molecule has 3 aromatic rings. The molecule has 32 heavy (non-hydrogen) atoms. The van der Waals surface area contributed by atoms with Crippen molar-refractivity contribution in [3.05, 3.63) is 77.7 Å². The Morgan fingerprint density at radius 3 is 2.62 bits per heavy atom. The monoisotopic (exact) mass is 439 g/mol. The molecule has 0 saturated carbocycles. The lowest BCUT2D eigenvalue weighted by molar-refractivity contribution is -0.126. The number of halogens is 2. The third-order valence-corrected chi connectivity index (χ3v) is 5.36. The summed E-state index contributed by atoms with van der Waals surface area (Å²) in [6.45, 7) is 0.748. The lowest BCUT2D eigenvalue weighted by atomic mass is 10.1. The molecule has 0 radical (unpaired) electrons. The second-order valence-electron chi connectivity index (χ2n) is 7.72. The van der Waals surface area contributed by atoms with Crippen LogP contribution in [0.5, 0.6) is 0 Å². The van der Waals surface area contributed by atoms with Crippen LogP contribution in [0.4, 0.5) is 8.78 Å². The predicted molar refractivity (Wildman–Crippen MR) is 114 cm³/mol. The minimum absolute atomic E-state index is 0.0749. The van der Waals surface area contributed by atoms with Crippen molar-refractivity contribution in [2.24, 2.45) is 0 Å². The molecular weight excluding hydrogens is 416 g/mol. The number of nitrogens with one attached hydrogen (secondary N) is 1. The number of hydrogen-bond acceptors (Lipinski definition) is 4. The smallest absolute Gasteiger partial charge is 0.275 e. The van der Waals surface area contributed by atoms with E-state index in [0.717, 1.165) is 5.56 Å². The zero-order valence-corrected chi connectivity index (χ0v) is 17.3. The van der Waals surface area contributed by atoms with E-state index in [1.54, 1.807) is 54.6 Å². The average molecular weight is 439 g/mol. The fourth-order valence-corrected chi connectivity index (χ4v) is 3.59. The molecular formula is C24H23F2N3O3. The molecule has 4 rings (SSSR count). The van der Waals surface area contributed by atoms with Gasteiger partial charge in [-0.25, -0.2) is 13.8 Å². The SMILES string of the molecule is O=C(NCc1ccc(-c2nc(C(=O)N3CCCC(F)C3)co2)cc1)C(F)c1ccccc1. The molecule has 6 nitrogen and oxygen atoms in total. The van der Waals surface area contributed by atoms with Crippen LogP contribution in [0, 0.1) is 0 Å². The lowest BCUT2D eigenvalue weighted by Crippen LogP contribution is -2.40. The van der Waals surface area contributed by atoms with Gasteiger partial charge in [0.2, 0.25) is 12.1 Å². The highest BCUT2D eigenvalue weighted by Gasteiger charge is 2.26. The molecule has 0 spiro atoms. The van der Waals surface area contributed by atoms with Crippen LogP contribution in [-0.4, -0.2) is 41.0 Å². The van der Waals surface area contributed by atoms with Crippen LogP contribution in [0.2, 0.25) is 0 Å². The second kappa shape index (κ2) is 9.72. The van der Waals surface area contributed by atoms with Crippen LogP contribution >= 0.6 is 0 Å². The van der Waals surface area contributed by atoms with Crippen LogP contribution in [0.3, 0.4) is 0 Å². The summed E-state index contributed by atoms with van der Waals surface area (Å²) >= 11 is 0. The molecule has 2 heterocycles. The number of piperidine rings is 1. The molecule has 2 aromatic carbocycles. The fraction of sp³-hybridized carbons (Fsp3) is 0.292. The molecule has 2 unspecified atom stereocenters. The minimum Gasteiger partial charge on any atom is -0.444 e. The quantitative estimate of drug-likeness (QED) is 0.623. The minimum atomic E-state index is -1.73. The summed E-state index contributed by atoms with van der Waals surface area (Å²) in [5.74, 6) is -0.782. The van der Waals surface area contributed by atoms with Gasteiger partial charge in [-0.3, -0.25) is 9.59 Å². The molecule has 8 heteroatoms. The van der Waals surface area contributed by atoms with Crippen molar-refractivity contribution in [2.45, 2.75) is 31.7 Å². The van der Waals surface area contributed by atoms with Gasteiger partial charge in [0.25, 0.3) is 11.8 Å². The van der Waals surface area contributed by atoms with Gasteiger partial charge in [0, 0.05) is 18.7 Å². The van der Waals surface area contributed by atoms with Gasteiger partial charge in [-0.15, -0.1) is 0 Å². The van der Waals surface area contributed by atoms with E-state index in [-0.39, 0.29) is 30.6 Å². The number of rotatable bonds is 6. The Morgan fingerprint density at radius 1 is 1.16 bits per heavy atom. The van der Waals surface area contributed by atoms with Gasteiger partial charge in [0.15, 0.2) is 5.69 Å². The molecule has 1 N–H and O–H groups in total. The van der Waals surface area contributed by atoms with Crippen molar-refractivity contribution in [1.82, 2.24) is 15.2 Å². The van der Waals surface area contributed by atoms with Gasteiger partial charge >= 0.3 is 0 Å². The van der Waals surface area contributed by atoms with Crippen molar-refractivity contribution in [2.75, 3.05) is 13.1 Å². The maximum Gasteiger partial charge on any atom is 0.275 e. The third-order valence-electron chi connectivity index (χ3n) is 5.36. The Balaban J connectivity index is 1.35. The van der Waals surface area contributed by atoms with E-state index in [4.69, 9.17) is 4.42 Å². The largest absolute Gasteiger partial charge is 0.444 e. The highest BCUT2D eigenvalue weighted by molar-refractivity contribution is 5.92. The summed E-state index contributed by atoms with van der Waals surface area (Å²) in [5, 5.41) is 2.58. The number of carbonyl (C=O) groups is 2. The highest BCUT2D eigenvalue weighted by atomic mass is 19.1. The maximum absolute atomic E-state index is 14.3. The Labute approximate surface area is 184 Å². The summed E-state index contributed by atoms with van der Waals surface area (Å²) in [7, 11) is 0. The van der Waals surface area contributed by atoms with Crippen molar-refractivity contribution in [1.29, 1.82) is 0 Å². The molecule has 1 aliphatic rings. The Kier molecular flexibility index (Phi) is 6.58. The normalized spacial score (nSPS) is 17.1. The van der Waals surface area contributed by atoms with E-state index in [1.165, 1.54) is 11.2 Å². The standard InChI is InChI=1S/C24H23F2N3O3/c25-19-7-4-12-29(14-19)24(31)20-15-32-23(28-20)18-10-8-16(9-11-18)13-27-22(30)21(26)17-5-2-1-3-6-17/h1-3,5-6,8-11,15,19,21H,4,7,12-14H2,(H,27,30). The second-order valence-corrected chi connectivity index (χ2v) is 7.72. The number of hydrogen-bond donors (Lipinski definition) is 1. The summed E-state index contributed by atoms with van der Waals surface area (Å²) < 4.78 is 33.3. The van der Waals surface area contributed by atoms with Gasteiger partial charge in [-0.2, -0.15) is 0 Å². The lowest BCUT2D eigenvalue weighted by Gasteiger charge is -2.28. The van der Waals surface area contributed by atoms with Crippen molar-refractivity contribution in [3.63, 3.8) is 0 Å². The summed E-state index contributed by atoms with van der Waals surface area (Å²) in [5.41, 5.74) is 1.86. The Bertz CT molecular complexity index is 1070. The number of oxazole rings is 1. The molecule has 1 saturated heterocycles. The average Bonchev–Trinajstić information content (AvgIpc) is 3.33. The summed E-state index contributed by atoms with van der Waals surface area (Å²) in [6, 6.07) is 15.2. The van der Waals surface area contributed by atoms with E-state index in [2.05, 4.69) is 10.3 Å². The van der Waals surface area contributed by atoms with Crippen LogP contribution in [-0.2, 0) is 11.3 Å². The number of aromatic nitrogens is 1. The number of likely N-dealkylation sites (tertiary alicyclic amines) is 1. The van der Waals surface area contributed by atoms with E-state index in [9.17, 15) is 18.4 Å². The number of nitrogens with zero attached hydrogens (tertiary/aromatic N) is 2. The fourth-order valence-electron chi connectivity index (χ4n) is 3.59. The first-order valence-electron chi connectivity index (χ1n) is 10.5. The molecule has 1 aliphatic heterocycles. The number of alkyl halides is 2. The summed E-state index contributed by atoms with van der Waals surface area (Å²) in [4.78, 5) is 30.3. The van der Waals surface area contributed by atoms with E-state index < -0.39 is 18.3 Å². The topological polar surface area (TPSA) is 75.4 Å². The molecule has 166 valence electrons. The van der Waals surface area contributed by atoms with Gasteiger partial charge in [0.05, 0.1) is 6.54 Å². The van der Waals surface area contributed by atoms with E-state index in [1.807, 2.05) is 0 Å². The van der Waals surface area contributed by atoms with Gasteiger partial charge in [0.1, 0.15) is 12.4 Å². The van der Waals surface area contributed by atoms with Crippen LogP contribution < -0.4 is 5.32 Å². The first-order chi connectivity index (χ1) is 15.5. The van der Waals surface area contributed by atoms with Gasteiger partial charge in [-0.1, -0.05) is 42.5 Å². The van der Waals surface area contributed by atoms with Crippen molar-refractivity contribution >= 4 is 11.8 Å². The Hall–Kier alpha value is -3.55. The van der Waals surface area contributed by atoms with E-state index in [0.29, 0.717) is 30.5 Å². The van der Waals surface area contributed by atoms with E-state index >= 15 is 0 Å². The molecule has 1 fully saturated rings. The molecule has 2 amide bonds. The molecule has 0 bridgehead atoms. The first-order valence-corrected chi connectivity index (χ1v) is 10.5. The van der Waals surface area contributed by atoms with Crippen molar-refractivity contribution < 1.29 is 22.8 Å². The van der Waals surface area contributed by atoms with Crippen LogP contribution in [0.15, 0.2) is 65.3 Å². The Morgan fingerprint density at radius 2 is 1.91 bits per heavy atom. The summed E-state index contributed by atoms with van der Waals surface area (Å²) in [6.07, 6.45) is -0.361. The van der Waals surface area contributed by atoms with Crippen LogP contribution in [0.1, 0.15) is 40.6 Å². The third kappa shape index (κ3) is 5.01. The molecule has 0 aliphatic carbocycles. The highest BCUT2D eigenvalue weighted by Crippen LogP contribution is 2.22.